The molecule has 260 valence electrons. The smallest absolute Gasteiger partial charge is 0.407 e. The van der Waals surface area contributed by atoms with Crippen LogP contribution in [0.15, 0.2) is 78.9 Å². The van der Waals surface area contributed by atoms with Gasteiger partial charge in [-0.15, -0.1) is 0 Å². The number of morpholine rings is 1. The average molecular weight is 686 g/mol. The summed E-state index contributed by atoms with van der Waals surface area (Å²) in [4.78, 5) is 34.7. The number of rotatable bonds is 10. The van der Waals surface area contributed by atoms with Gasteiger partial charge in [-0.05, 0) is 97.5 Å². The van der Waals surface area contributed by atoms with Gasteiger partial charge in [-0.1, -0.05) is 30.3 Å². The number of nitrogens with one attached hydrogen (secondary N) is 4. The Kier molecular flexibility index (Phi) is 10.5. The van der Waals surface area contributed by atoms with Crippen LogP contribution in [0.4, 0.5) is 23.7 Å². The quantitative estimate of drug-likeness (QED) is 0.129. The molecule has 4 N–H and O–H groups in total. The third kappa shape index (κ3) is 7.82. The first kappa shape index (κ1) is 34.7. The van der Waals surface area contributed by atoms with E-state index in [0.29, 0.717) is 30.7 Å². The molecule has 6 rings (SSSR count). The van der Waals surface area contributed by atoms with E-state index in [1.54, 1.807) is 6.07 Å². The SMILES string of the molecule is COC(=O)N[C@H](C(=O)Nc1cccc(F)c1CC[C@@H]1CN[C@H](c2nc3cc(C)c(C)cc3[nH]2)CO1)C(c1ccc(F)cc1)c1ccc(F)cc1. The molecule has 0 bridgehead atoms. The lowest BCUT2D eigenvalue weighted by Gasteiger charge is -2.30. The second-order valence-electron chi connectivity index (χ2n) is 12.5. The van der Waals surface area contributed by atoms with E-state index < -0.39 is 41.4 Å². The standard InChI is InChI=1S/C38H38F3N5O4/c1-21-17-31-32(18-22(21)2)44-36(43-31)33-20-50-27(19-42-33)15-16-28-29(41)5-4-6-30(28)45-37(47)35(46-38(48)49-3)34(23-7-11-25(39)12-8-23)24-9-13-26(40)14-10-24/h4-14,17-18,27,33-35,42H,15-16,19-20H2,1-3H3,(H,43,44)(H,45,47)(H,46,48)/t27-,33+,35+/m1/s1. The van der Waals surface area contributed by atoms with Crippen LogP contribution in [0.1, 0.15) is 52.0 Å². The number of aromatic amines is 1. The lowest BCUT2D eigenvalue weighted by molar-refractivity contribution is -0.118. The first-order chi connectivity index (χ1) is 24.1. The minimum absolute atomic E-state index is 0.128. The summed E-state index contributed by atoms with van der Waals surface area (Å²) in [6, 6.07) is 17.9. The number of fused-ring (bicyclic) bond motifs is 1. The summed E-state index contributed by atoms with van der Waals surface area (Å²) in [5.41, 5.74) is 5.65. The Morgan fingerprint density at radius 1 is 0.960 bits per heavy atom. The molecule has 2 heterocycles. The molecule has 3 atom stereocenters. The average Bonchev–Trinajstić information content (AvgIpc) is 3.52. The Bertz CT molecular complexity index is 1890. The number of methoxy groups -OCH3 is 1. The zero-order valence-corrected chi connectivity index (χ0v) is 27.9. The van der Waals surface area contributed by atoms with E-state index in [4.69, 9.17) is 14.5 Å². The van der Waals surface area contributed by atoms with Crippen molar-refractivity contribution in [2.45, 2.75) is 50.8 Å². The highest BCUT2D eigenvalue weighted by atomic mass is 19.1. The molecular formula is C38H38F3N5O4. The fourth-order valence-corrected chi connectivity index (χ4v) is 6.29. The molecule has 0 radical (unpaired) electrons. The first-order valence-electron chi connectivity index (χ1n) is 16.3. The van der Waals surface area contributed by atoms with Gasteiger partial charge in [0.15, 0.2) is 0 Å². The third-order valence-corrected chi connectivity index (χ3v) is 9.16. The number of hydrogen-bond donors (Lipinski definition) is 4. The van der Waals surface area contributed by atoms with Gasteiger partial charge in [-0.2, -0.15) is 0 Å². The van der Waals surface area contributed by atoms with Gasteiger partial charge >= 0.3 is 6.09 Å². The van der Waals surface area contributed by atoms with Crippen LogP contribution in [-0.4, -0.2) is 54.4 Å². The Morgan fingerprint density at radius 3 is 2.24 bits per heavy atom. The molecule has 1 aromatic heterocycles. The summed E-state index contributed by atoms with van der Waals surface area (Å²) in [6.45, 7) is 5.00. The molecule has 1 saturated heterocycles. The predicted octanol–water partition coefficient (Wildman–Crippen LogP) is 6.75. The van der Waals surface area contributed by atoms with Gasteiger partial charge in [-0.25, -0.2) is 22.9 Å². The molecule has 12 heteroatoms. The molecule has 0 aliphatic carbocycles. The number of anilines is 1. The molecule has 9 nitrogen and oxygen atoms in total. The van der Waals surface area contributed by atoms with Crippen molar-refractivity contribution in [2.24, 2.45) is 0 Å². The van der Waals surface area contributed by atoms with Gasteiger partial charge in [-0.3, -0.25) is 4.79 Å². The number of nitrogens with zero attached hydrogens (tertiary/aromatic N) is 1. The Morgan fingerprint density at radius 2 is 1.62 bits per heavy atom. The number of carbonyl (C=O) groups excluding carboxylic acids is 2. The largest absolute Gasteiger partial charge is 0.453 e. The molecule has 1 aliphatic rings. The van der Waals surface area contributed by atoms with Crippen LogP contribution in [0.3, 0.4) is 0 Å². The molecule has 2 amide bonds. The Hall–Kier alpha value is -5.20. The number of benzene rings is 4. The Balaban J connectivity index is 1.18. The molecule has 1 fully saturated rings. The monoisotopic (exact) mass is 685 g/mol. The van der Waals surface area contributed by atoms with Gasteiger partial charge in [0, 0.05) is 23.7 Å². The molecule has 5 aromatic rings. The summed E-state index contributed by atoms with van der Waals surface area (Å²) in [5.74, 6) is -2.28. The summed E-state index contributed by atoms with van der Waals surface area (Å²) in [6.07, 6.45) is -0.415. The number of amides is 2. The zero-order chi connectivity index (χ0) is 35.4. The molecular weight excluding hydrogens is 647 g/mol. The van der Waals surface area contributed by atoms with Gasteiger partial charge in [0.1, 0.15) is 29.3 Å². The van der Waals surface area contributed by atoms with Gasteiger partial charge in [0.05, 0.1) is 36.9 Å². The van der Waals surface area contributed by atoms with E-state index in [1.165, 1.54) is 71.8 Å². The van der Waals surface area contributed by atoms with Crippen molar-refractivity contribution in [3.63, 3.8) is 0 Å². The lowest BCUT2D eigenvalue weighted by Crippen LogP contribution is -2.48. The van der Waals surface area contributed by atoms with Crippen LogP contribution in [0, 0.1) is 31.3 Å². The second-order valence-corrected chi connectivity index (χ2v) is 12.5. The maximum Gasteiger partial charge on any atom is 0.407 e. The van der Waals surface area contributed by atoms with Crippen LogP contribution < -0.4 is 16.0 Å². The maximum absolute atomic E-state index is 15.3. The van der Waals surface area contributed by atoms with E-state index in [1.807, 2.05) is 0 Å². The number of halogens is 3. The number of carbonyl (C=O) groups is 2. The molecule has 50 heavy (non-hydrogen) atoms. The van der Waals surface area contributed by atoms with Crippen molar-refractivity contribution in [3.8, 4) is 0 Å². The lowest BCUT2D eigenvalue weighted by atomic mass is 9.84. The van der Waals surface area contributed by atoms with Crippen LogP contribution in [0.5, 0.6) is 0 Å². The van der Waals surface area contributed by atoms with Crippen molar-refractivity contribution >= 4 is 28.7 Å². The molecule has 0 spiro atoms. The fraction of sp³-hybridized carbons (Fsp3) is 0.289. The van der Waals surface area contributed by atoms with Crippen LogP contribution in [-0.2, 0) is 20.7 Å². The van der Waals surface area contributed by atoms with E-state index in [-0.39, 0.29) is 29.8 Å². The molecule has 0 unspecified atom stereocenters. The highest BCUT2D eigenvalue weighted by Gasteiger charge is 2.34. The number of aryl methyl sites for hydroxylation is 2. The number of ether oxygens (including phenoxy) is 2. The summed E-state index contributed by atoms with van der Waals surface area (Å²) in [5, 5.41) is 8.85. The minimum atomic E-state index is -1.32. The second kappa shape index (κ2) is 15.1. The van der Waals surface area contributed by atoms with Crippen LogP contribution in [0.25, 0.3) is 11.0 Å². The van der Waals surface area contributed by atoms with Gasteiger partial charge in [0.25, 0.3) is 0 Å². The normalized spacial score (nSPS) is 16.7. The number of H-pyrrole nitrogens is 1. The van der Waals surface area contributed by atoms with Crippen molar-refractivity contribution in [1.82, 2.24) is 20.6 Å². The van der Waals surface area contributed by atoms with Crippen molar-refractivity contribution in [2.75, 3.05) is 25.6 Å². The van der Waals surface area contributed by atoms with Crippen LogP contribution in [0.2, 0.25) is 0 Å². The summed E-state index contributed by atoms with van der Waals surface area (Å²) < 4.78 is 54.1. The molecule has 4 aromatic carbocycles. The Labute approximate surface area is 287 Å². The number of alkyl carbamates (subject to hydrolysis) is 1. The van der Waals surface area contributed by atoms with E-state index in [0.717, 1.165) is 24.0 Å². The highest BCUT2D eigenvalue weighted by Crippen LogP contribution is 2.31. The maximum atomic E-state index is 15.3. The van der Waals surface area contributed by atoms with Crippen molar-refractivity contribution in [3.05, 3.63) is 130 Å². The summed E-state index contributed by atoms with van der Waals surface area (Å²) in [7, 11) is 1.16. The zero-order valence-electron chi connectivity index (χ0n) is 27.9. The van der Waals surface area contributed by atoms with Gasteiger partial charge < -0.3 is 30.4 Å². The number of hydrogen-bond acceptors (Lipinski definition) is 6. The van der Waals surface area contributed by atoms with Gasteiger partial charge in [0.2, 0.25) is 5.91 Å². The van der Waals surface area contributed by atoms with E-state index in [2.05, 4.69) is 46.9 Å². The first-order valence-corrected chi connectivity index (χ1v) is 16.3. The minimum Gasteiger partial charge on any atom is -0.453 e. The van der Waals surface area contributed by atoms with E-state index >= 15 is 4.39 Å². The molecule has 1 aliphatic heterocycles. The third-order valence-electron chi connectivity index (χ3n) is 9.16. The summed E-state index contributed by atoms with van der Waals surface area (Å²) >= 11 is 0. The van der Waals surface area contributed by atoms with Crippen molar-refractivity contribution in [1.29, 1.82) is 0 Å². The molecule has 0 saturated carbocycles. The van der Waals surface area contributed by atoms with E-state index in [9.17, 15) is 18.4 Å². The topological polar surface area (TPSA) is 117 Å². The fourth-order valence-electron chi connectivity index (χ4n) is 6.29. The number of aromatic nitrogens is 2. The number of imidazole rings is 1. The predicted molar refractivity (Wildman–Crippen MR) is 183 cm³/mol. The van der Waals surface area contributed by atoms with Crippen LogP contribution >= 0.6 is 0 Å². The highest BCUT2D eigenvalue weighted by molar-refractivity contribution is 5.98. The van der Waals surface area contributed by atoms with Crippen molar-refractivity contribution < 1.29 is 32.2 Å².